The van der Waals surface area contributed by atoms with Crippen molar-refractivity contribution < 1.29 is 17.9 Å². The van der Waals surface area contributed by atoms with Crippen LogP contribution in [0.25, 0.3) is 0 Å². The number of nitrogens with zero attached hydrogens (tertiary/aromatic N) is 2. The van der Waals surface area contributed by atoms with Crippen LogP contribution in [-0.2, 0) is 15.3 Å². The van der Waals surface area contributed by atoms with Crippen molar-refractivity contribution in [3.8, 4) is 5.88 Å². The fourth-order valence-corrected chi connectivity index (χ4v) is 4.58. The molecule has 1 heterocycles. The minimum atomic E-state index is -3.25. The van der Waals surface area contributed by atoms with Crippen molar-refractivity contribution in [3.63, 3.8) is 0 Å². The van der Waals surface area contributed by atoms with Crippen LogP contribution in [0.1, 0.15) is 69.1 Å². The molecule has 1 N–H and O–H groups in total. The van der Waals surface area contributed by atoms with Gasteiger partial charge in [-0.3, -0.25) is 4.79 Å². The molecule has 30 heavy (non-hydrogen) atoms. The maximum atomic E-state index is 13.1. The average molecular weight is 434 g/mol. The summed E-state index contributed by atoms with van der Waals surface area (Å²) in [4.78, 5) is 22.1. The quantitative estimate of drug-likeness (QED) is 0.710. The van der Waals surface area contributed by atoms with Crippen LogP contribution in [0.5, 0.6) is 5.88 Å². The minimum absolute atomic E-state index is 0.0902. The Hall–Kier alpha value is -1.96. The van der Waals surface area contributed by atoms with Gasteiger partial charge in [-0.2, -0.15) is 4.98 Å². The van der Waals surface area contributed by atoms with Gasteiger partial charge in [-0.25, -0.2) is 13.4 Å². The summed E-state index contributed by atoms with van der Waals surface area (Å²) in [6.45, 7) is 6.07. The van der Waals surface area contributed by atoms with Crippen molar-refractivity contribution in [1.29, 1.82) is 0 Å². The first-order valence-corrected chi connectivity index (χ1v) is 12.7. The van der Waals surface area contributed by atoms with Crippen molar-refractivity contribution in [2.75, 3.05) is 6.26 Å². The summed E-state index contributed by atoms with van der Waals surface area (Å²) in [5.41, 5.74) is 0.0432. The van der Waals surface area contributed by atoms with E-state index in [1.54, 1.807) is 6.08 Å². The molecular weight excluding hydrogens is 402 g/mol. The number of amides is 1. The van der Waals surface area contributed by atoms with E-state index in [0.717, 1.165) is 49.2 Å². The predicted octanol–water partition coefficient (Wildman–Crippen LogP) is 3.02. The zero-order chi connectivity index (χ0) is 21.7. The molecule has 0 aromatic carbocycles. The fraction of sp³-hybridized carbons (Fsp3) is 0.682. The van der Waals surface area contributed by atoms with Crippen molar-refractivity contribution in [2.45, 2.75) is 70.4 Å². The SMILES string of the molecule is CC(C)(C)c1ncc(C(=O)N[C@H](/C=C/S(C)(=O)=O)C2CC2)c(O[C@H]2C[C@@H]3C[C@@H]3C2)n1. The molecule has 0 radical (unpaired) electrons. The number of hydrogen-bond acceptors (Lipinski definition) is 6. The summed E-state index contributed by atoms with van der Waals surface area (Å²) < 4.78 is 29.2. The summed E-state index contributed by atoms with van der Waals surface area (Å²) in [7, 11) is -3.25. The second kappa shape index (κ2) is 7.62. The maximum Gasteiger partial charge on any atom is 0.258 e. The highest BCUT2D eigenvalue weighted by atomic mass is 32.2. The number of nitrogens with one attached hydrogen (secondary N) is 1. The lowest BCUT2D eigenvalue weighted by Crippen LogP contribution is -2.36. The van der Waals surface area contributed by atoms with E-state index in [4.69, 9.17) is 4.74 Å². The number of aromatic nitrogens is 2. The largest absolute Gasteiger partial charge is 0.474 e. The lowest BCUT2D eigenvalue weighted by Gasteiger charge is -2.22. The molecule has 1 aromatic heterocycles. The Morgan fingerprint density at radius 3 is 2.47 bits per heavy atom. The van der Waals surface area contributed by atoms with Crippen molar-refractivity contribution >= 4 is 15.7 Å². The van der Waals surface area contributed by atoms with Crippen molar-refractivity contribution in [1.82, 2.24) is 15.3 Å². The number of carbonyl (C=O) groups excluding carboxylic acids is 1. The molecule has 0 unspecified atom stereocenters. The molecule has 3 fully saturated rings. The van der Waals surface area contributed by atoms with Gasteiger partial charge in [-0.15, -0.1) is 0 Å². The number of rotatable bonds is 7. The van der Waals surface area contributed by atoms with E-state index >= 15 is 0 Å². The second-order valence-corrected chi connectivity index (χ2v) is 12.1. The normalized spacial score (nSPS) is 27.0. The maximum absolute atomic E-state index is 13.1. The number of ether oxygens (including phenoxy) is 1. The summed E-state index contributed by atoms with van der Waals surface area (Å²) in [6.07, 6.45) is 9.60. The van der Waals surface area contributed by atoms with E-state index in [-0.39, 0.29) is 29.4 Å². The van der Waals surface area contributed by atoms with Crippen molar-refractivity contribution in [3.05, 3.63) is 29.1 Å². The second-order valence-electron chi connectivity index (χ2n) is 10.1. The third-order valence-electron chi connectivity index (χ3n) is 6.11. The minimum Gasteiger partial charge on any atom is -0.474 e. The lowest BCUT2D eigenvalue weighted by atomic mass is 9.95. The summed E-state index contributed by atoms with van der Waals surface area (Å²) in [5.74, 6) is 2.41. The highest BCUT2D eigenvalue weighted by Crippen LogP contribution is 2.52. The molecule has 164 valence electrons. The molecule has 7 nitrogen and oxygen atoms in total. The molecule has 0 bridgehead atoms. The van der Waals surface area contributed by atoms with Gasteiger partial charge in [0.05, 0.1) is 6.04 Å². The zero-order valence-corrected chi connectivity index (χ0v) is 18.9. The Kier molecular flexibility index (Phi) is 5.41. The molecule has 0 saturated heterocycles. The van der Waals surface area contributed by atoms with Gasteiger partial charge in [0, 0.05) is 23.3 Å². The van der Waals surface area contributed by atoms with Gasteiger partial charge in [0.15, 0.2) is 9.84 Å². The first-order chi connectivity index (χ1) is 14.0. The van der Waals surface area contributed by atoms with Gasteiger partial charge in [0.1, 0.15) is 17.5 Å². The Bertz CT molecular complexity index is 953. The molecular formula is C22H31N3O4S. The monoisotopic (exact) mass is 433 g/mol. The van der Waals surface area contributed by atoms with Gasteiger partial charge in [0.25, 0.3) is 5.91 Å². The van der Waals surface area contributed by atoms with Crippen LogP contribution in [0.15, 0.2) is 17.7 Å². The zero-order valence-electron chi connectivity index (χ0n) is 18.1. The van der Waals surface area contributed by atoms with Crippen LogP contribution < -0.4 is 10.1 Å². The first kappa shape index (κ1) is 21.3. The topological polar surface area (TPSA) is 98.2 Å². The van der Waals surface area contributed by atoms with Gasteiger partial charge in [0.2, 0.25) is 5.88 Å². The Labute approximate surface area is 178 Å². The predicted molar refractivity (Wildman–Crippen MR) is 114 cm³/mol. The highest BCUT2D eigenvalue weighted by Gasteiger charge is 2.47. The van der Waals surface area contributed by atoms with Gasteiger partial charge >= 0.3 is 0 Å². The third-order valence-corrected chi connectivity index (χ3v) is 6.76. The molecule has 8 heteroatoms. The standard InChI is InChI=1S/C22H31N3O4S/c1-22(2,3)21-23-12-17(20(25-21)29-16-10-14-9-15(14)11-16)19(26)24-18(13-5-6-13)7-8-30(4,27)28/h7-8,12-16,18H,5-6,9-11H2,1-4H3,(H,24,26)/b8-7+/t14-,15+,16-,18-/m1/s1. The van der Waals surface area contributed by atoms with E-state index in [0.29, 0.717) is 17.3 Å². The molecule has 3 aliphatic rings. The van der Waals surface area contributed by atoms with E-state index < -0.39 is 9.84 Å². The summed E-state index contributed by atoms with van der Waals surface area (Å²) >= 11 is 0. The summed E-state index contributed by atoms with van der Waals surface area (Å²) in [5, 5.41) is 4.12. The van der Waals surface area contributed by atoms with Crippen molar-refractivity contribution in [2.24, 2.45) is 17.8 Å². The molecule has 4 rings (SSSR count). The highest BCUT2D eigenvalue weighted by molar-refractivity contribution is 7.93. The van der Waals surface area contributed by atoms with E-state index in [9.17, 15) is 13.2 Å². The average Bonchev–Trinajstić information content (AvgIpc) is 3.56. The van der Waals surface area contributed by atoms with Gasteiger partial charge in [-0.05, 0) is 49.9 Å². The smallest absolute Gasteiger partial charge is 0.258 e. The number of hydrogen-bond donors (Lipinski definition) is 1. The van der Waals surface area contributed by atoms with Crippen LogP contribution in [0, 0.1) is 17.8 Å². The lowest BCUT2D eigenvalue weighted by molar-refractivity contribution is 0.0929. The van der Waals surface area contributed by atoms with Crippen LogP contribution >= 0.6 is 0 Å². The molecule has 1 aromatic rings. The van der Waals surface area contributed by atoms with Gasteiger partial charge < -0.3 is 10.1 Å². The Morgan fingerprint density at radius 1 is 1.23 bits per heavy atom. The molecule has 0 aliphatic heterocycles. The number of sulfone groups is 1. The number of fused-ring (bicyclic) bond motifs is 1. The summed E-state index contributed by atoms with van der Waals surface area (Å²) in [6, 6.07) is -0.332. The molecule has 3 aliphatic carbocycles. The Balaban J connectivity index is 1.56. The molecule has 4 atom stereocenters. The fourth-order valence-electron chi connectivity index (χ4n) is 4.12. The Morgan fingerprint density at radius 2 is 1.90 bits per heavy atom. The van der Waals surface area contributed by atoms with Gasteiger partial charge in [-0.1, -0.05) is 26.8 Å². The molecule has 0 spiro atoms. The van der Waals surface area contributed by atoms with Crippen LogP contribution in [0.2, 0.25) is 0 Å². The van der Waals surface area contributed by atoms with E-state index in [1.165, 1.54) is 12.6 Å². The first-order valence-electron chi connectivity index (χ1n) is 10.7. The number of carbonyl (C=O) groups is 1. The molecule has 3 saturated carbocycles. The van der Waals surface area contributed by atoms with E-state index in [2.05, 4.69) is 15.3 Å². The van der Waals surface area contributed by atoms with E-state index in [1.807, 2.05) is 20.8 Å². The van der Waals surface area contributed by atoms with Crippen LogP contribution in [0.3, 0.4) is 0 Å². The third kappa shape index (κ3) is 5.20. The van der Waals surface area contributed by atoms with Crippen LogP contribution in [-0.4, -0.2) is 42.7 Å². The van der Waals surface area contributed by atoms with Crippen LogP contribution in [0.4, 0.5) is 0 Å². The molecule has 1 amide bonds.